The largest absolute Gasteiger partial charge is 0.490 e. The monoisotopic (exact) mass is 709 g/mol. The Bertz CT molecular complexity index is 1860. The number of aliphatic carboxylic acids is 2. The van der Waals surface area contributed by atoms with Gasteiger partial charge in [-0.3, -0.25) is 9.58 Å². The number of aromatic nitrogens is 7. The lowest BCUT2D eigenvalue weighted by atomic mass is 10.1. The van der Waals surface area contributed by atoms with Gasteiger partial charge in [-0.05, 0) is 31.2 Å². The number of carboxylic acids is 2. The number of nitrogens with zero attached hydrogens (tertiary/aromatic N) is 8. The van der Waals surface area contributed by atoms with E-state index in [1.165, 1.54) is 0 Å². The Kier molecular flexibility index (Phi) is 12.0. The van der Waals surface area contributed by atoms with Crippen molar-refractivity contribution >= 4 is 34.5 Å². The molecule has 3 aromatic heterocycles. The molecule has 0 aliphatic carbocycles. The zero-order valence-corrected chi connectivity index (χ0v) is 26.1. The second kappa shape index (κ2) is 16.2. The molecule has 1 aliphatic heterocycles. The maximum absolute atomic E-state index is 10.6. The molecule has 266 valence electrons. The number of fused-ring (bicyclic) bond motifs is 1. The fourth-order valence-corrected chi connectivity index (χ4v) is 4.34. The summed E-state index contributed by atoms with van der Waals surface area (Å²) in [7, 11) is 0. The van der Waals surface area contributed by atoms with Crippen LogP contribution in [-0.4, -0.2) is 107 Å². The predicted octanol–water partition coefficient (Wildman–Crippen LogP) is 4.72. The first-order chi connectivity index (χ1) is 23.6. The summed E-state index contributed by atoms with van der Waals surface area (Å²) in [5.41, 5.74) is 4.79. The number of alkyl halides is 6. The molecule has 0 atom stereocenters. The molecule has 2 aromatic carbocycles. The van der Waals surface area contributed by atoms with Crippen LogP contribution in [-0.2, 0) is 20.9 Å². The Morgan fingerprint density at radius 2 is 1.54 bits per heavy atom. The van der Waals surface area contributed by atoms with Crippen molar-refractivity contribution in [2.24, 2.45) is 0 Å². The molecule has 1 aliphatic rings. The average Bonchev–Trinajstić information content (AvgIpc) is 3.73. The van der Waals surface area contributed by atoms with Crippen LogP contribution < -0.4 is 5.32 Å². The van der Waals surface area contributed by atoms with E-state index in [0.29, 0.717) is 5.95 Å². The zero-order valence-electron chi connectivity index (χ0n) is 26.1. The summed E-state index contributed by atoms with van der Waals surface area (Å²) in [5, 5.41) is 27.5. The predicted molar refractivity (Wildman–Crippen MR) is 165 cm³/mol. The average molecular weight is 710 g/mol. The van der Waals surface area contributed by atoms with E-state index in [2.05, 4.69) is 42.6 Å². The van der Waals surface area contributed by atoms with Gasteiger partial charge < -0.3 is 20.3 Å². The second-order valence-electron chi connectivity index (χ2n) is 10.4. The SMILES string of the molecule is Cc1ncn(-c2ccc(Nc3ncc4cccc(-c5cnn(CCN6CCOCC6)c5)c4n3)cc2)n1.O=C(O)C(F)(F)F.O=C(O)C(F)(F)F. The van der Waals surface area contributed by atoms with Crippen molar-refractivity contribution in [2.45, 2.75) is 25.8 Å². The van der Waals surface area contributed by atoms with Gasteiger partial charge in [0.1, 0.15) is 12.2 Å². The Morgan fingerprint density at radius 3 is 2.12 bits per heavy atom. The van der Waals surface area contributed by atoms with Gasteiger partial charge in [-0.25, -0.2) is 29.2 Å². The van der Waals surface area contributed by atoms with Gasteiger partial charge in [0.25, 0.3) is 0 Å². The van der Waals surface area contributed by atoms with Gasteiger partial charge in [-0.1, -0.05) is 18.2 Å². The van der Waals surface area contributed by atoms with Gasteiger partial charge in [0.15, 0.2) is 0 Å². The molecule has 50 heavy (non-hydrogen) atoms. The number of hydrogen-bond acceptors (Lipinski definition) is 10. The van der Waals surface area contributed by atoms with Crippen molar-refractivity contribution in [3.05, 3.63) is 73.2 Å². The number of hydrogen-bond donors (Lipinski definition) is 3. The Labute approximate surface area is 279 Å². The number of halogens is 6. The van der Waals surface area contributed by atoms with Crippen LogP contribution in [0.1, 0.15) is 5.82 Å². The number of rotatable bonds is 7. The molecule has 0 radical (unpaired) electrons. The Hall–Kier alpha value is -5.63. The highest BCUT2D eigenvalue weighted by Gasteiger charge is 2.38. The quantitative estimate of drug-likeness (QED) is 0.199. The Balaban J connectivity index is 0.000000340. The lowest BCUT2D eigenvalue weighted by Gasteiger charge is -2.26. The number of morpholine rings is 1. The summed E-state index contributed by atoms with van der Waals surface area (Å²) < 4.78 is 72.7. The van der Waals surface area contributed by atoms with Gasteiger partial charge in [0.05, 0.1) is 37.2 Å². The van der Waals surface area contributed by atoms with Crippen LogP contribution in [0, 0.1) is 6.92 Å². The van der Waals surface area contributed by atoms with E-state index < -0.39 is 24.3 Å². The van der Waals surface area contributed by atoms with Crippen LogP contribution in [0.5, 0.6) is 0 Å². The fourth-order valence-electron chi connectivity index (χ4n) is 4.34. The molecule has 0 saturated carbocycles. The molecule has 20 heteroatoms. The van der Waals surface area contributed by atoms with E-state index in [4.69, 9.17) is 29.5 Å². The molecule has 0 spiro atoms. The smallest absolute Gasteiger partial charge is 0.475 e. The summed E-state index contributed by atoms with van der Waals surface area (Å²) >= 11 is 0. The summed E-state index contributed by atoms with van der Waals surface area (Å²) in [4.78, 5) is 33.8. The first-order valence-corrected chi connectivity index (χ1v) is 14.5. The first kappa shape index (κ1) is 37.2. The number of carbonyl (C=O) groups is 2. The molecule has 5 aromatic rings. The number of carboxylic acid groups (broad SMARTS) is 2. The minimum atomic E-state index is -5.08. The molecule has 1 fully saturated rings. The maximum Gasteiger partial charge on any atom is 0.490 e. The normalized spacial score (nSPS) is 13.5. The third-order valence-electron chi connectivity index (χ3n) is 6.78. The van der Waals surface area contributed by atoms with Gasteiger partial charge >= 0.3 is 24.3 Å². The number of anilines is 2. The highest BCUT2D eigenvalue weighted by atomic mass is 19.4. The van der Waals surface area contributed by atoms with E-state index in [-0.39, 0.29) is 0 Å². The van der Waals surface area contributed by atoms with Crippen LogP contribution in [0.25, 0.3) is 27.7 Å². The number of ether oxygens (including phenoxy) is 1. The Morgan fingerprint density at radius 1 is 0.900 bits per heavy atom. The minimum absolute atomic E-state index is 0.541. The molecule has 4 heterocycles. The highest BCUT2D eigenvalue weighted by Crippen LogP contribution is 2.28. The van der Waals surface area contributed by atoms with Gasteiger partial charge in [-0.15, -0.1) is 0 Å². The zero-order chi connectivity index (χ0) is 36.5. The number of para-hydroxylation sites is 1. The third-order valence-corrected chi connectivity index (χ3v) is 6.78. The summed E-state index contributed by atoms with van der Waals surface area (Å²) in [5.74, 6) is -4.24. The molecule has 0 unspecified atom stereocenters. The van der Waals surface area contributed by atoms with Crippen molar-refractivity contribution in [1.82, 2.24) is 39.4 Å². The van der Waals surface area contributed by atoms with Crippen LogP contribution in [0.4, 0.5) is 38.0 Å². The van der Waals surface area contributed by atoms with Crippen LogP contribution in [0.15, 0.2) is 67.4 Å². The summed E-state index contributed by atoms with van der Waals surface area (Å²) in [6.45, 7) is 7.25. The van der Waals surface area contributed by atoms with E-state index in [1.54, 1.807) is 11.0 Å². The van der Waals surface area contributed by atoms with Crippen LogP contribution in [0.3, 0.4) is 0 Å². The fraction of sp³-hybridized carbons (Fsp3) is 0.300. The second-order valence-corrected chi connectivity index (χ2v) is 10.4. The molecular formula is C30H29F6N9O5. The number of benzene rings is 2. The van der Waals surface area contributed by atoms with E-state index >= 15 is 0 Å². The van der Waals surface area contributed by atoms with Crippen molar-refractivity contribution in [2.75, 3.05) is 38.2 Å². The molecule has 14 nitrogen and oxygen atoms in total. The van der Waals surface area contributed by atoms with Gasteiger partial charge in [-0.2, -0.15) is 36.5 Å². The summed E-state index contributed by atoms with van der Waals surface area (Å²) in [6, 6.07) is 14.1. The van der Waals surface area contributed by atoms with Crippen LogP contribution in [0.2, 0.25) is 0 Å². The van der Waals surface area contributed by atoms with Gasteiger partial charge in [0, 0.05) is 54.2 Å². The van der Waals surface area contributed by atoms with Crippen molar-refractivity contribution in [3.63, 3.8) is 0 Å². The lowest BCUT2D eigenvalue weighted by Crippen LogP contribution is -2.38. The number of aryl methyl sites for hydroxylation is 1. The molecule has 6 rings (SSSR count). The molecule has 0 amide bonds. The van der Waals surface area contributed by atoms with Crippen LogP contribution >= 0.6 is 0 Å². The molecule has 3 N–H and O–H groups in total. The van der Waals surface area contributed by atoms with Gasteiger partial charge in [0.2, 0.25) is 5.95 Å². The standard InChI is InChI=1S/C26H27N9O.2C2HF3O2/c1-19-28-18-35(32-19)23-7-5-22(6-8-23)30-26-27-15-20-3-2-4-24(25(20)31-26)21-16-29-34(17-21)10-9-33-11-13-36-14-12-33;2*3-2(4,5)1(6)7/h2-8,15-18H,9-14H2,1H3,(H,27,30,31);2*(H,6,7). The maximum atomic E-state index is 10.6. The van der Waals surface area contributed by atoms with Crippen molar-refractivity contribution in [1.29, 1.82) is 0 Å². The minimum Gasteiger partial charge on any atom is -0.475 e. The molecule has 0 bridgehead atoms. The van der Waals surface area contributed by atoms with E-state index in [0.717, 1.165) is 78.6 Å². The lowest BCUT2D eigenvalue weighted by molar-refractivity contribution is -0.193. The first-order valence-electron chi connectivity index (χ1n) is 14.5. The van der Waals surface area contributed by atoms with Crippen molar-refractivity contribution in [3.8, 4) is 16.8 Å². The molecule has 1 saturated heterocycles. The van der Waals surface area contributed by atoms with E-state index in [9.17, 15) is 26.3 Å². The summed E-state index contributed by atoms with van der Waals surface area (Å²) in [6.07, 6.45) is -2.61. The third kappa shape index (κ3) is 10.7. The highest BCUT2D eigenvalue weighted by molar-refractivity contribution is 5.93. The number of nitrogens with one attached hydrogen (secondary N) is 1. The van der Waals surface area contributed by atoms with Crippen molar-refractivity contribution < 1.29 is 50.9 Å². The van der Waals surface area contributed by atoms with E-state index in [1.807, 2.05) is 60.4 Å². The molecular weight excluding hydrogens is 680 g/mol. The topological polar surface area (TPSA) is 173 Å².